The molecule has 0 atom stereocenters. The second kappa shape index (κ2) is 3.06. The zero-order valence-electron chi connectivity index (χ0n) is 5.47. The van der Waals surface area contributed by atoms with Crippen LogP contribution in [0, 0.1) is 6.92 Å². The monoisotopic (exact) mass is 187 g/mol. The van der Waals surface area contributed by atoms with Crippen LogP contribution in [0.4, 0.5) is 0 Å². The van der Waals surface area contributed by atoms with Crippen molar-refractivity contribution in [3.63, 3.8) is 0 Å². The summed E-state index contributed by atoms with van der Waals surface area (Å²) in [6, 6.07) is 4.18. The molecule has 0 aliphatic rings. The summed E-state index contributed by atoms with van der Waals surface area (Å²) in [5.41, 5.74) is 1.33. The normalized spacial score (nSPS) is 10.0. The van der Waals surface area contributed by atoms with E-state index in [0.717, 1.165) is 11.9 Å². The molecule has 0 radical (unpaired) electrons. The Kier molecular flexibility index (Phi) is 2.34. The molecule has 50 valence electrons. The van der Waals surface area contributed by atoms with Gasteiger partial charge in [0.15, 0.2) is 0 Å². The minimum absolute atomic E-state index is 1.03. The van der Waals surface area contributed by atoms with E-state index in [-0.39, 0.29) is 0 Å². The second-order valence-corrected chi connectivity index (χ2v) is 2.82. The largest absolute Gasteiger partial charge is 0.351 e. The van der Waals surface area contributed by atoms with Crippen LogP contribution < -0.4 is 0 Å². The van der Waals surface area contributed by atoms with E-state index < -0.39 is 0 Å². The summed E-state index contributed by atoms with van der Waals surface area (Å²) in [5.74, 6) is 0. The quantitative estimate of drug-likeness (QED) is 0.627. The van der Waals surface area contributed by atoms with Crippen molar-refractivity contribution >= 4 is 15.9 Å². The third-order valence-electron chi connectivity index (χ3n) is 1.38. The van der Waals surface area contributed by atoms with Gasteiger partial charge in [-0.1, -0.05) is 15.9 Å². The van der Waals surface area contributed by atoms with E-state index >= 15 is 0 Å². The summed E-state index contributed by atoms with van der Waals surface area (Å²) in [6.07, 6.45) is 2.09. The first-order valence-electron chi connectivity index (χ1n) is 3.02. The molecule has 9 heavy (non-hydrogen) atoms. The summed E-state index contributed by atoms with van der Waals surface area (Å²) in [6.45, 7) is 3.18. The Labute approximate surface area is 63.8 Å². The van der Waals surface area contributed by atoms with E-state index in [2.05, 4.69) is 45.8 Å². The first-order chi connectivity index (χ1) is 4.34. The summed E-state index contributed by atoms with van der Waals surface area (Å²) >= 11 is 3.38. The molecule has 0 spiro atoms. The molecule has 1 aromatic heterocycles. The van der Waals surface area contributed by atoms with Gasteiger partial charge in [-0.25, -0.2) is 0 Å². The number of hydrogen-bond acceptors (Lipinski definition) is 0. The molecule has 0 amide bonds. The minimum Gasteiger partial charge on any atom is -0.351 e. The van der Waals surface area contributed by atoms with E-state index in [1.165, 1.54) is 5.69 Å². The average Bonchev–Trinajstić information content (AvgIpc) is 2.18. The third-order valence-corrected chi connectivity index (χ3v) is 1.74. The highest BCUT2D eigenvalue weighted by molar-refractivity contribution is 9.09. The van der Waals surface area contributed by atoms with E-state index in [4.69, 9.17) is 0 Å². The van der Waals surface area contributed by atoms with Crippen LogP contribution in [0.1, 0.15) is 5.69 Å². The molecule has 0 saturated carbocycles. The molecule has 0 saturated heterocycles. The predicted molar refractivity (Wildman–Crippen MR) is 43.0 cm³/mol. The third kappa shape index (κ3) is 1.58. The van der Waals surface area contributed by atoms with Gasteiger partial charge >= 0.3 is 0 Å². The van der Waals surface area contributed by atoms with Crippen LogP contribution in [0.25, 0.3) is 0 Å². The van der Waals surface area contributed by atoms with Crippen molar-refractivity contribution in [3.8, 4) is 0 Å². The molecule has 0 N–H and O–H groups in total. The lowest BCUT2D eigenvalue weighted by Crippen LogP contribution is -1.97. The van der Waals surface area contributed by atoms with Crippen molar-refractivity contribution in [2.24, 2.45) is 0 Å². The molecule has 1 aromatic rings. The number of halogens is 1. The molecular weight excluding hydrogens is 178 g/mol. The number of hydrogen-bond donors (Lipinski definition) is 0. The van der Waals surface area contributed by atoms with Gasteiger partial charge in [0, 0.05) is 23.8 Å². The Morgan fingerprint density at radius 3 is 2.89 bits per heavy atom. The fourth-order valence-corrected chi connectivity index (χ4v) is 1.22. The molecule has 0 aliphatic carbocycles. The van der Waals surface area contributed by atoms with Crippen LogP contribution in [0.2, 0.25) is 0 Å². The van der Waals surface area contributed by atoms with Gasteiger partial charge < -0.3 is 4.57 Å². The maximum Gasteiger partial charge on any atom is 0.0319 e. The van der Waals surface area contributed by atoms with Crippen molar-refractivity contribution in [1.82, 2.24) is 4.57 Å². The first-order valence-corrected chi connectivity index (χ1v) is 4.14. The fourth-order valence-electron chi connectivity index (χ4n) is 0.841. The van der Waals surface area contributed by atoms with Crippen molar-refractivity contribution in [2.75, 3.05) is 5.33 Å². The molecule has 2 heteroatoms. The highest BCUT2D eigenvalue weighted by Gasteiger charge is 1.90. The van der Waals surface area contributed by atoms with Crippen molar-refractivity contribution in [3.05, 3.63) is 24.0 Å². The summed E-state index contributed by atoms with van der Waals surface area (Å²) in [5, 5.41) is 1.03. The Morgan fingerprint density at radius 2 is 2.44 bits per heavy atom. The van der Waals surface area contributed by atoms with E-state index in [1.54, 1.807) is 0 Å². The van der Waals surface area contributed by atoms with Gasteiger partial charge in [0.1, 0.15) is 0 Å². The van der Waals surface area contributed by atoms with Gasteiger partial charge in [0.25, 0.3) is 0 Å². The fraction of sp³-hybridized carbons (Fsp3) is 0.429. The van der Waals surface area contributed by atoms with Gasteiger partial charge in [0.05, 0.1) is 0 Å². The van der Waals surface area contributed by atoms with Gasteiger partial charge in [-0.15, -0.1) is 0 Å². The Morgan fingerprint density at radius 1 is 1.67 bits per heavy atom. The lowest BCUT2D eigenvalue weighted by molar-refractivity contribution is 0.755. The maximum atomic E-state index is 3.38. The predicted octanol–water partition coefficient (Wildman–Crippen LogP) is 2.19. The van der Waals surface area contributed by atoms with Gasteiger partial charge in [-0.2, -0.15) is 0 Å². The summed E-state index contributed by atoms with van der Waals surface area (Å²) < 4.78 is 2.22. The van der Waals surface area contributed by atoms with Crippen LogP contribution in [-0.4, -0.2) is 9.90 Å². The van der Waals surface area contributed by atoms with Crippen LogP contribution in [0.5, 0.6) is 0 Å². The molecule has 1 rings (SSSR count). The van der Waals surface area contributed by atoms with E-state index in [1.807, 2.05) is 0 Å². The topological polar surface area (TPSA) is 4.93 Å². The molecule has 1 heterocycles. The highest BCUT2D eigenvalue weighted by atomic mass is 79.9. The summed E-state index contributed by atoms with van der Waals surface area (Å²) in [7, 11) is 0. The number of rotatable bonds is 2. The van der Waals surface area contributed by atoms with Crippen LogP contribution in [-0.2, 0) is 6.54 Å². The molecular formula is C7H10BrN. The molecule has 0 aliphatic heterocycles. The number of aryl methyl sites for hydroxylation is 2. The standard InChI is InChI=1S/C7H10BrN/c1-7-3-2-5-9(7)6-4-8/h2-3,5H,4,6H2,1H3. The van der Waals surface area contributed by atoms with Crippen LogP contribution >= 0.6 is 15.9 Å². The number of nitrogens with zero attached hydrogens (tertiary/aromatic N) is 1. The summed E-state index contributed by atoms with van der Waals surface area (Å²) in [4.78, 5) is 0. The SMILES string of the molecule is Cc1cccn1CCBr. The van der Waals surface area contributed by atoms with Gasteiger partial charge in [-0.05, 0) is 19.1 Å². The van der Waals surface area contributed by atoms with E-state index in [0.29, 0.717) is 0 Å². The second-order valence-electron chi connectivity index (χ2n) is 2.03. The number of aromatic nitrogens is 1. The molecule has 0 unspecified atom stereocenters. The van der Waals surface area contributed by atoms with Crippen molar-refractivity contribution < 1.29 is 0 Å². The first kappa shape index (κ1) is 6.87. The maximum absolute atomic E-state index is 3.38. The van der Waals surface area contributed by atoms with Crippen molar-refractivity contribution in [1.29, 1.82) is 0 Å². The molecule has 0 aromatic carbocycles. The van der Waals surface area contributed by atoms with Crippen LogP contribution in [0.15, 0.2) is 18.3 Å². The van der Waals surface area contributed by atoms with Crippen LogP contribution in [0.3, 0.4) is 0 Å². The van der Waals surface area contributed by atoms with E-state index in [9.17, 15) is 0 Å². The Bertz CT molecular complexity index is 181. The lowest BCUT2D eigenvalue weighted by atomic mass is 10.5. The van der Waals surface area contributed by atoms with Gasteiger partial charge in [-0.3, -0.25) is 0 Å². The van der Waals surface area contributed by atoms with Gasteiger partial charge in [0.2, 0.25) is 0 Å². The zero-order chi connectivity index (χ0) is 6.69. The van der Waals surface area contributed by atoms with Crippen molar-refractivity contribution in [2.45, 2.75) is 13.5 Å². The number of alkyl halides is 1. The average molecular weight is 188 g/mol. The molecule has 0 fully saturated rings. The lowest BCUT2D eigenvalue weighted by Gasteiger charge is -2.00. The highest BCUT2D eigenvalue weighted by Crippen LogP contribution is 1.99. The zero-order valence-corrected chi connectivity index (χ0v) is 7.06. The Hall–Kier alpha value is -0.240. The molecule has 0 bridgehead atoms. The minimum atomic E-state index is 1.03. The Balaban J connectivity index is 2.69. The molecule has 1 nitrogen and oxygen atoms in total. The smallest absolute Gasteiger partial charge is 0.0319 e.